The minimum atomic E-state index is 0.143. The normalized spacial score (nSPS) is 32.2. The molecule has 1 aliphatic rings. The van der Waals surface area contributed by atoms with E-state index in [4.69, 9.17) is 10.5 Å². The van der Waals surface area contributed by atoms with Gasteiger partial charge in [-0.1, -0.05) is 6.92 Å². The zero-order valence-electron chi connectivity index (χ0n) is 10.7. The van der Waals surface area contributed by atoms with Gasteiger partial charge in [-0.25, -0.2) is 15.0 Å². The van der Waals surface area contributed by atoms with Crippen molar-refractivity contribution in [2.45, 2.75) is 38.9 Å². The SMILES string of the molecule is CC1OC(C)C(c2nc3ncnc(N)c3[nH]2)C1C. The highest BCUT2D eigenvalue weighted by molar-refractivity contribution is 5.81. The van der Waals surface area contributed by atoms with E-state index in [2.05, 4.69) is 40.7 Å². The molecule has 2 aromatic rings. The number of hydrogen-bond donors (Lipinski definition) is 2. The first-order valence-electron chi connectivity index (χ1n) is 6.19. The number of aromatic nitrogens is 4. The summed E-state index contributed by atoms with van der Waals surface area (Å²) in [5.74, 6) is 1.98. The largest absolute Gasteiger partial charge is 0.382 e. The Bertz CT molecular complexity index is 581. The highest BCUT2D eigenvalue weighted by atomic mass is 16.5. The zero-order chi connectivity index (χ0) is 12.9. The van der Waals surface area contributed by atoms with Crippen molar-refractivity contribution in [2.24, 2.45) is 5.92 Å². The molecule has 3 N–H and O–H groups in total. The van der Waals surface area contributed by atoms with Crippen LogP contribution in [-0.4, -0.2) is 32.1 Å². The molecule has 0 amide bonds. The van der Waals surface area contributed by atoms with Gasteiger partial charge in [-0.05, 0) is 19.8 Å². The Kier molecular flexibility index (Phi) is 2.48. The number of aromatic amines is 1. The standard InChI is InChI=1S/C12H17N5O/c1-5-6(2)18-7(3)8(5)11-16-9-10(13)14-4-15-12(9)17-11/h4-8H,1-3H3,(H3,13,14,15,16,17). The van der Waals surface area contributed by atoms with Crippen LogP contribution < -0.4 is 5.73 Å². The summed E-state index contributed by atoms with van der Waals surface area (Å²) in [6.45, 7) is 6.35. The molecule has 2 aromatic heterocycles. The molecular formula is C12H17N5O. The fraction of sp³-hybridized carbons (Fsp3) is 0.583. The number of hydrogen-bond acceptors (Lipinski definition) is 5. The first-order valence-corrected chi connectivity index (χ1v) is 6.19. The summed E-state index contributed by atoms with van der Waals surface area (Å²) < 4.78 is 5.84. The minimum absolute atomic E-state index is 0.143. The van der Waals surface area contributed by atoms with E-state index in [1.165, 1.54) is 6.33 Å². The Morgan fingerprint density at radius 3 is 2.61 bits per heavy atom. The van der Waals surface area contributed by atoms with E-state index in [1.807, 2.05) is 0 Å². The number of rotatable bonds is 1. The molecule has 1 aliphatic heterocycles. The summed E-state index contributed by atoms with van der Waals surface area (Å²) in [5, 5.41) is 0. The van der Waals surface area contributed by atoms with E-state index in [1.54, 1.807) is 0 Å². The third kappa shape index (κ3) is 1.56. The second kappa shape index (κ2) is 3.91. The molecule has 6 nitrogen and oxygen atoms in total. The lowest BCUT2D eigenvalue weighted by Crippen LogP contribution is -2.16. The van der Waals surface area contributed by atoms with Crippen molar-refractivity contribution in [1.82, 2.24) is 19.9 Å². The molecule has 4 atom stereocenters. The van der Waals surface area contributed by atoms with Crippen molar-refractivity contribution >= 4 is 17.0 Å². The van der Waals surface area contributed by atoms with Crippen LogP contribution in [0.4, 0.5) is 5.82 Å². The molecular weight excluding hydrogens is 230 g/mol. The first kappa shape index (κ1) is 11.4. The van der Waals surface area contributed by atoms with Crippen LogP contribution >= 0.6 is 0 Å². The van der Waals surface area contributed by atoms with E-state index in [0.717, 1.165) is 5.82 Å². The quantitative estimate of drug-likeness (QED) is 0.796. The molecule has 96 valence electrons. The van der Waals surface area contributed by atoms with Crippen molar-refractivity contribution in [2.75, 3.05) is 5.73 Å². The molecule has 0 saturated carbocycles. The molecule has 3 heterocycles. The monoisotopic (exact) mass is 247 g/mol. The van der Waals surface area contributed by atoms with E-state index in [-0.39, 0.29) is 18.1 Å². The van der Waals surface area contributed by atoms with Crippen LogP contribution in [0, 0.1) is 5.92 Å². The Morgan fingerprint density at radius 1 is 1.22 bits per heavy atom. The summed E-state index contributed by atoms with van der Waals surface area (Å²) in [5.41, 5.74) is 7.15. The lowest BCUT2D eigenvalue weighted by atomic mass is 9.89. The summed E-state index contributed by atoms with van der Waals surface area (Å²) in [4.78, 5) is 15.9. The predicted octanol–water partition coefficient (Wildman–Crippen LogP) is 1.46. The maximum Gasteiger partial charge on any atom is 0.183 e. The molecule has 18 heavy (non-hydrogen) atoms. The highest BCUT2D eigenvalue weighted by Gasteiger charge is 2.39. The minimum Gasteiger partial charge on any atom is -0.382 e. The number of nitrogens with two attached hydrogens (primary N) is 1. The summed E-state index contributed by atoms with van der Waals surface area (Å²) >= 11 is 0. The first-order chi connectivity index (χ1) is 8.58. The average molecular weight is 247 g/mol. The molecule has 0 aromatic carbocycles. The average Bonchev–Trinajstić information content (AvgIpc) is 2.83. The number of imidazole rings is 1. The van der Waals surface area contributed by atoms with Gasteiger partial charge in [0.05, 0.1) is 12.2 Å². The van der Waals surface area contributed by atoms with E-state index < -0.39 is 0 Å². The van der Waals surface area contributed by atoms with Gasteiger partial charge in [0.25, 0.3) is 0 Å². The number of H-pyrrole nitrogens is 1. The van der Waals surface area contributed by atoms with Crippen LogP contribution in [0.3, 0.4) is 0 Å². The second-order valence-electron chi connectivity index (χ2n) is 5.01. The lowest BCUT2D eigenvalue weighted by Gasteiger charge is -2.15. The number of fused-ring (bicyclic) bond motifs is 1. The molecule has 4 unspecified atom stereocenters. The Morgan fingerprint density at radius 2 is 2.00 bits per heavy atom. The van der Waals surface area contributed by atoms with Crippen molar-refractivity contribution in [3.8, 4) is 0 Å². The summed E-state index contributed by atoms with van der Waals surface area (Å²) in [7, 11) is 0. The van der Waals surface area contributed by atoms with Crippen LogP contribution in [0.25, 0.3) is 11.2 Å². The Labute approximate surface area is 105 Å². The predicted molar refractivity (Wildman–Crippen MR) is 68.0 cm³/mol. The number of ether oxygens (including phenoxy) is 1. The van der Waals surface area contributed by atoms with Crippen LogP contribution in [0.2, 0.25) is 0 Å². The highest BCUT2D eigenvalue weighted by Crippen LogP contribution is 2.39. The summed E-state index contributed by atoms with van der Waals surface area (Å²) in [6, 6.07) is 0. The molecule has 6 heteroatoms. The van der Waals surface area contributed by atoms with Gasteiger partial charge in [-0.2, -0.15) is 0 Å². The fourth-order valence-corrected chi connectivity index (χ4v) is 2.76. The van der Waals surface area contributed by atoms with Crippen LogP contribution in [0.1, 0.15) is 32.5 Å². The van der Waals surface area contributed by atoms with Crippen molar-refractivity contribution in [3.63, 3.8) is 0 Å². The number of nitrogen functional groups attached to an aromatic ring is 1. The van der Waals surface area contributed by atoms with Crippen LogP contribution in [0.15, 0.2) is 6.33 Å². The van der Waals surface area contributed by atoms with Gasteiger partial charge in [0.15, 0.2) is 11.5 Å². The van der Waals surface area contributed by atoms with Crippen molar-refractivity contribution in [3.05, 3.63) is 12.2 Å². The Balaban J connectivity index is 2.07. The Hall–Kier alpha value is -1.69. The molecule has 1 fully saturated rings. The van der Waals surface area contributed by atoms with Crippen molar-refractivity contribution < 1.29 is 4.74 Å². The van der Waals surface area contributed by atoms with E-state index in [0.29, 0.717) is 22.9 Å². The topological polar surface area (TPSA) is 89.7 Å². The molecule has 1 saturated heterocycles. The van der Waals surface area contributed by atoms with Gasteiger partial charge < -0.3 is 15.5 Å². The van der Waals surface area contributed by atoms with E-state index in [9.17, 15) is 0 Å². The third-order valence-corrected chi connectivity index (χ3v) is 3.89. The number of nitrogens with zero attached hydrogens (tertiary/aromatic N) is 3. The van der Waals surface area contributed by atoms with Gasteiger partial charge in [0, 0.05) is 5.92 Å². The molecule has 0 bridgehead atoms. The van der Waals surface area contributed by atoms with Crippen LogP contribution in [0.5, 0.6) is 0 Å². The molecule has 0 spiro atoms. The lowest BCUT2D eigenvalue weighted by molar-refractivity contribution is 0.0554. The maximum absolute atomic E-state index is 5.84. The third-order valence-electron chi connectivity index (χ3n) is 3.89. The van der Waals surface area contributed by atoms with Crippen LogP contribution in [-0.2, 0) is 4.74 Å². The molecule has 0 radical (unpaired) electrons. The van der Waals surface area contributed by atoms with Crippen molar-refractivity contribution in [1.29, 1.82) is 0 Å². The molecule has 3 rings (SSSR count). The smallest absolute Gasteiger partial charge is 0.183 e. The van der Waals surface area contributed by atoms with E-state index >= 15 is 0 Å². The van der Waals surface area contributed by atoms with Gasteiger partial charge in [-0.15, -0.1) is 0 Å². The molecule has 0 aliphatic carbocycles. The zero-order valence-corrected chi connectivity index (χ0v) is 10.7. The summed E-state index contributed by atoms with van der Waals surface area (Å²) in [6.07, 6.45) is 1.81. The fourth-order valence-electron chi connectivity index (χ4n) is 2.76. The van der Waals surface area contributed by atoms with Gasteiger partial charge in [0.2, 0.25) is 0 Å². The van der Waals surface area contributed by atoms with Gasteiger partial charge in [0.1, 0.15) is 17.7 Å². The van der Waals surface area contributed by atoms with Gasteiger partial charge in [-0.3, -0.25) is 0 Å². The number of nitrogens with one attached hydrogen (secondary N) is 1. The van der Waals surface area contributed by atoms with Gasteiger partial charge >= 0.3 is 0 Å². The maximum atomic E-state index is 5.84. The second-order valence-corrected chi connectivity index (χ2v) is 5.01. The number of anilines is 1.